The van der Waals surface area contributed by atoms with Crippen molar-refractivity contribution in [3.05, 3.63) is 17.8 Å². The zero-order chi connectivity index (χ0) is 11.3. The van der Waals surface area contributed by atoms with E-state index in [4.69, 9.17) is 20.0 Å². The van der Waals surface area contributed by atoms with Gasteiger partial charge in [0.05, 0.1) is 12.5 Å². The Labute approximate surface area is 103 Å². The fourth-order valence-electron chi connectivity index (χ4n) is 2.07. The molecule has 1 saturated heterocycles. The van der Waals surface area contributed by atoms with Crippen LogP contribution in [0.4, 0.5) is 0 Å². The normalized spacial score (nSPS) is 33.5. The van der Waals surface area contributed by atoms with Crippen molar-refractivity contribution in [2.45, 2.75) is 18.6 Å². The smallest absolute Gasteiger partial charge is 0.300 e. The van der Waals surface area contributed by atoms with E-state index in [0.29, 0.717) is 0 Å². The van der Waals surface area contributed by atoms with Gasteiger partial charge in [0.25, 0.3) is 0 Å². The Hall–Kier alpha value is -1.15. The number of aliphatic hydroxyl groups excluding tert-OH is 2. The summed E-state index contributed by atoms with van der Waals surface area (Å²) in [6.45, 7) is -0.218. The molecule has 3 rings (SSSR count). The van der Waals surface area contributed by atoms with E-state index in [-0.39, 0.29) is 30.5 Å². The topological polar surface area (TPSA) is 101 Å². The first-order valence-electron chi connectivity index (χ1n) is 4.95. The van der Waals surface area contributed by atoms with Gasteiger partial charge in [0.1, 0.15) is 0 Å². The summed E-state index contributed by atoms with van der Waals surface area (Å²) in [5, 5.41) is 26.0. The van der Waals surface area contributed by atoms with Crippen LogP contribution in [0, 0.1) is 11.3 Å². The Morgan fingerprint density at radius 1 is 1.53 bits per heavy atom. The van der Waals surface area contributed by atoms with Gasteiger partial charge in [-0.1, -0.05) is 0 Å². The van der Waals surface area contributed by atoms with Crippen LogP contribution in [-0.2, 0) is 4.74 Å². The summed E-state index contributed by atoms with van der Waals surface area (Å²) < 4.78 is 12.4. The minimum Gasteiger partial charge on any atom is -1.00 e. The van der Waals surface area contributed by atoms with Crippen LogP contribution in [0.3, 0.4) is 0 Å². The second kappa shape index (κ2) is 4.26. The first-order chi connectivity index (χ1) is 7.70. The first kappa shape index (κ1) is 12.3. The quantitative estimate of drug-likeness (QED) is 0.473. The molecule has 1 aromatic heterocycles. The molecule has 0 spiro atoms. The van der Waals surface area contributed by atoms with E-state index in [1.54, 1.807) is 10.8 Å². The monoisotopic (exact) mass is 260 g/mol. The van der Waals surface area contributed by atoms with Crippen LogP contribution in [0.1, 0.15) is 6.23 Å². The number of hydrogen-bond acceptors (Lipinski definition) is 6. The summed E-state index contributed by atoms with van der Waals surface area (Å²) in [4.78, 5) is 3.89. The lowest BCUT2D eigenvalue weighted by atomic mass is 10.1. The summed E-state index contributed by atoms with van der Waals surface area (Å²) in [6, 6.07) is 1.80. The van der Waals surface area contributed by atoms with Gasteiger partial charge in [-0.15, -0.1) is 0 Å². The van der Waals surface area contributed by atoms with E-state index in [1.165, 1.54) is 6.07 Å². The maximum absolute atomic E-state index is 9.54. The van der Waals surface area contributed by atoms with Crippen molar-refractivity contribution in [1.29, 1.82) is 5.41 Å². The number of nitrogens with one attached hydrogen (secondary N) is 1. The Bertz CT molecular complexity index is 480. The molecular weight excluding hydrogens is 250 g/mol. The van der Waals surface area contributed by atoms with E-state index in [2.05, 4.69) is 4.98 Å². The molecule has 3 N–H and O–H groups in total. The standard InChI is InChI=1S/C9H11N3O4.ClH/c10-5-1-2-12-7-6(15-9(12)11-5)4(3-13)8(14)16-7;/h1-2,4,6-8,10,13-14H,3H2;1H/p-1/t4-,6+,7-,8-;/m1./s1. The molecule has 1 fully saturated rings. The van der Waals surface area contributed by atoms with Gasteiger partial charge >= 0.3 is 6.01 Å². The number of rotatable bonds is 1. The van der Waals surface area contributed by atoms with Crippen molar-refractivity contribution in [2.75, 3.05) is 6.61 Å². The number of hydrogen-bond donors (Lipinski definition) is 3. The Morgan fingerprint density at radius 2 is 2.29 bits per heavy atom. The highest BCUT2D eigenvalue weighted by Crippen LogP contribution is 2.40. The number of halogens is 1. The van der Waals surface area contributed by atoms with Gasteiger partial charge in [-0.2, -0.15) is 4.98 Å². The molecule has 8 heteroatoms. The fourth-order valence-corrected chi connectivity index (χ4v) is 2.07. The summed E-state index contributed by atoms with van der Waals surface area (Å²) in [5.74, 6) is -0.485. The summed E-state index contributed by atoms with van der Waals surface area (Å²) in [7, 11) is 0. The lowest BCUT2D eigenvalue weighted by Crippen LogP contribution is -3.00. The highest BCUT2D eigenvalue weighted by Gasteiger charge is 2.50. The Balaban J connectivity index is 0.00000108. The highest BCUT2D eigenvalue weighted by atomic mass is 35.5. The molecule has 0 aromatic carbocycles. The molecule has 7 nitrogen and oxygen atoms in total. The third kappa shape index (κ3) is 1.71. The lowest BCUT2D eigenvalue weighted by molar-refractivity contribution is -0.130. The minimum absolute atomic E-state index is 0. The van der Waals surface area contributed by atoms with E-state index in [0.717, 1.165) is 0 Å². The molecule has 0 bridgehead atoms. The van der Waals surface area contributed by atoms with Gasteiger partial charge in [0.2, 0.25) is 0 Å². The molecule has 17 heavy (non-hydrogen) atoms. The average molecular weight is 261 g/mol. The molecule has 0 aliphatic carbocycles. The molecular formula is C9H11ClN3O4-. The molecule has 1 aromatic rings. The third-order valence-electron chi connectivity index (χ3n) is 2.90. The van der Waals surface area contributed by atoms with Crippen molar-refractivity contribution in [2.24, 2.45) is 5.92 Å². The van der Waals surface area contributed by atoms with E-state index in [9.17, 15) is 5.11 Å². The Kier molecular flexibility index (Phi) is 3.09. The first-order valence-corrected chi connectivity index (χ1v) is 4.95. The number of aromatic nitrogens is 2. The zero-order valence-corrected chi connectivity index (χ0v) is 9.41. The predicted molar refractivity (Wildman–Crippen MR) is 49.2 cm³/mol. The van der Waals surface area contributed by atoms with Crippen LogP contribution < -0.4 is 22.6 Å². The van der Waals surface area contributed by atoms with Crippen LogP contribution in [0.5, 0.6) is 6.01 Å². The summed E-state index contributed by atoms with van der Waals surface area (Å²) >= 11 is 0. The summed E-state index contributed by atoms with van der Waals surface area (Å²) in [6.07, 6.45) is -0.331. The van der Waals surface area contributed by atoms with Crippen molar-refractivity contribution in [3.63, 3.8) is 0 Å². The molecule has 2 aliphatic heterocycles. The summed E-state index contributed by atoms with van der Waals surface area (Å²) in [5.41, 5.74) is 0.104. The predicted octanol–water partition coefficient (Wildman–Crippen LogP) is -4.42. The van der Waals surface area contributed by atoms with Crippen LogP contribution in [0.2, 0.25) is 0 Å². The van der Waals surface area contributed by atoms with E-state index in [1.807, 2.05) is 0 Å². The van der Waals surface area contributed by atoms with Crippen LogP contribution in [0.25, 0.3) is 0 Å². The van der Waals surface area contributed by atoms with Gasteiger partial charge in [0.15, 0.2) is 24.1 Å². The van der Waals surface area contributed by atoms with Gasteiger partial charge in [0, 0.05) is 6.20 Å². The van der Waals surface area contributed by atoms with E-state index >= 15 is 0 Å². The molecule has 94 valence electrons. The van der Waals surface area contributed by atoms with Crippen LogP contribution in [0.15, 0.2) is 12.3 Å². The molecule has 3 heterocycles. The second-order valence-electron chi connectivity index (χ2n) is 3.85. The fraction of sp³-hybridized carbons (Fsp3) is 0.556. The molecule has 0 saturated carbocycles. The van der Waals surface area contributed by atoms with Crippen molar-refractivity contribution in [3.8, 4) is 6.01 Å². The highest BCUT2D eigenvalue weighted by molar-refractivity contribution is 5.09. The number of nitrogens with zero attached hydrogens (tertiary/aromatic N) is 2. The molecule has 2 aliphatic rings. The van der Waals surface area contributed by atoms with Crippen molar-refractivity contribution < 1.29 is 32.1 Å². The number of fused-ring (bicyclic) bond motifs is 3. The maximum Gasteiger partial charge on any atom is 0.300 e. The molecule has 0 radical (unpaired) electrons. The second-order valence-corrected chi connectivity index (χ2v) is 3.85. The largest absolute Gasteiger partial charge is 1.00 e. The maximum atomic E-state index is 9.54. The molecule has 0 amide bonds. The Morgan fingerprint density at radius 3 is 3.00 bits per heavy atom. The van der Waals surface area contributed by atoms with Gasteiger partial charge < -0.3 is 32.1 Å². The lowest BCUT2D eigenvalue weighted by Gasteiger charge is -2.14. The molecule has 0 unspecified atom stereocenters. The van der Waals surface area contributed by atoms with Crippen LogP contribution in [-0.4, -0.2) is 38.8 Å². The van der Waals surface area contributed by atoms with E-state index < -0.39 is 24.5 Å². The van der Waals surface area contributed by atoms with Crippen LogP contribution >= 0.6 is 0 Å². The molecule has 4 atom stereocenters. The number of aliphatic hydroxyl groups is 2. The number of ether oxygens (including phenoxy) is 2. The van der Waals surface area contributed by atoms with Gasteiger partial charge in [-0.25, -0.2) is 0 Å². The average Bonchev–Trinajstić information content (AvgIpc) is 2.71. The zero-order valence-electron chi connectivity index (χ0n) is 8.65. The van der Waals surface area contributed by atoms with Crippen molar-refractivity contribution >= 4 is 0 Å². The SMILES string of the molecule is N=c1ccn2c(n1)O[C@H]1[C@@H](CO)[C@H](O)O[C@H]12.[Cl-]. The van der Waals surface area contributed by atoms with Gasteiger partial charge in [-0.3, -0.25) is 9.98 Å². The van der Waals surface area contributed by atoms with Gasteiger partial charge in [-0.05, 0) is 6.07 Å². The third-order valence-corrected chi connectivity index (χ3v) is 2.90. The minimum atomic E-state index is -1.03. The van der Waals surface area contributed by atoms with Crippen molar-refractivity contribution in [1.82, 2.24) is 9.55 Å².